The Labute approximate surface area is 123 Å². The zero-order valence-corrected chi connectivity index (χ0v) is 12.3. The third-order valence-electron chi connectivity index (χ3n) is 3.84. The molecule has 0 fully saturated rings. The molecule has 1 aliphatic rings. The quantitative estimate of drug-likeness (QED) is 0.827. The van der Waals surface area contributed by atoms with Crippen LogP contribution in [0.3, 0.4) is 0 Å². The minimum Gasteiger partial charge on any atom is -0.508 e. The number of allylic oxidation sites excluding steroid dienone is 1. The minimum absolute atomic E-state index is 0.183. The summed E-state index contributed by atoms with van der Waals surface area (Å²) in [5.74, 6) is 0.600. The lowest BCUT2D eigenvalue weighted by Crippen LogP contribution is -2.33. The van der Waals surface area contributed by atoms with Crippen molar-refractivity contribution in [1.82, 2.24) is 0 Å². The third-order valence-corrected chi connectivity index (χ3v) is 3.84. The molecule has 0 atom stereocenters. The number of rotatable bonds is 1. The summed E-state index contributed by atoms with van der Waals surface area (Å²) in [7, 11) is 0. The highest BCUT2D eigenvalue weighted by Gasteiger charge is 2.34. The zero-order chi connectivity index (χ0) is 15.2. The number of benzene rings is 2. The van der Waals surface area contributed by atoms with E-state index in [4.69, 9.17) is 4.74 Å². The molecule has 3 rings (SSSR count). The Morgan fingerprint density at radius 2 is 1.71 bits per heavy atom. The van der Waals surface area contributed by atoms with E-state index < -0.39 is 5.60 Å². The molecule has 0 unspecified atom stereocenters. The lowest BCUT2D eigenvalue weighted by molar-refractivity contribution is 0.168. The molecule has 0 aromatic heterocycles. The molecule has 108 valence electrons. The van der Waals surface area contributed by atoms with E-state index in [1.807, 2.05) is 26.8 Å². The predicted molar refractivity (Wildman–Crippen MR) is 81.7 cm³/mol. The van der Waals surface area contributed by atoms with E-state index in [1.165, 1.54) is 12.1 Å². The van der Waals surface area contributed by atoms with Crippen LogP contribution in [0.5, 0.6) is 11.5 Å². The Kier molecular flexibility index (Phi) is 3.01. The Balaban J connectivity index is 2.23. The van der Waals surface area contributed by atoms with Crippen LogP contribution >= 0.6 is 0 Å². The van der Waals surface area contributed by atoms with Crippen LogP contribution in [0.15, 0.2) is 42.5 Å². The van der Waals surface area contributed by atoms with Crippen LogP contribution in [-0.2, 0) is 0 Å². The normalized spacial score (nSPS) is 16.4. The number of fused-ring (bicyclic) bond motifs is 1. The average Bonchev–Trinajstić information content (AvgIpc) is 2.39. The van der Waals surface area contributed by atoms with E-state index in [-0.39, 0.29) is 11.6 Å². The van der Waals surface area contributed by atoms with Crippen LogP contribution in [0.2, 0.25) is 0 Å². The molecule has 3 heteroatoms. The molecule has 0 saturated heterocycles. The van der Waals surface area contributed by atoms with E-state index in [1.54, 1.807) is 24.3 Å². The molecule has 2 nitrogen and oxygen atoms in total. The predicted octanol–water partition coefficient (Wildman–Crippen LogP) is 4.63. The summed E-state index contributed by atoms with van der Waals surface area (Å²) in [6.07, 6.45) is 0. The molecule has 0 aliphatic carbocycles. The van der Waals surface area contributed by atoms with E-state index in [2.05, 4.69) is 0 Å². The number of phenols is 1. The largest absolute Gasteiger partial charge is 0.508 e. The maximum atomic E-state index is 13.2. The lowest BCUT2D eigenvalue weighted by atomic mass is 9.82. The monoisotopic (exact) mass is 284 g/mol. The van der Waals surface area contributed by atoms with Gasteiger partial charge in [0.2, 0.25) is 0 Å². The molecule has 0 saturated carbocycles. The molecule has 0 bridgehead atoms. The molecule has 1 heterocycles. The standard InChI is InChI=1S/C18H17FO2/c1-11-15-9-8-14(20)10-16(15)21-18(2,3)17(11)12-4-6-13(19)7-5-12/h4-10,20H,1-3H3. The molecule has 0 radical (unpaired) electrons. The number of aromatic hydroxyl groups is 1. The Morgan fingerprint density at radius 1 is 1.05 bits per heavy atom. The van der Waals surface area contributed by atoms with Gasteiger partial charge in [0.25, 0.3) is 0 Å². The van der Waals surface area contributed by atoms with E-state index in [0.717, 1.165) is 22.3 Å². The van der Waals surface area contributed by atoms with Crippen LogP contribution in [-0.4, -0.2) is 10.7 Å². The molecule has 2 aromatic rings. The Hall–Kier alpha value is -2.29. The first-order valence-corrected chi connectivity index (χ1v) is 6.88. The number of halogens is 1. The highest BCUT2D eigenvalue weighted by Crippen LogP contribution is 2.45. The van der Waals surface area contributed by atoms with Crippen LogP contribution in [0.25, 0.3) is 11.1 Å². The second-order valence-electron chi connectivity index (χ2n) is 5.80. The minimum atomic E-state index is -0.553. The van der Waals surface area contributed by atoms with Gasteiger partial charge in [0.15, 0.2) is 0 Å². The molecular formula is C18H17FO2. The van der Waals surface area contributed by atoms with Crippen molar-refractivity contribution in [1.29, 1.82) is 0 Å². The van der Waals surface area contributed by atoms with Gasteiger partial charge in [-0.25, -0.2) is 4.39 Å². The van der Waals surface area contributed by atoms with Crippen molar-refractivity contribution in [3.05, 3.63) is 59.4 Å². The summed E-state index contributed by atoms with van der Waals surface area (Å²) in [6.45, 7) is 5.98. The fraction of sp³-hybridized carbons (Fsp3) is 0.222. The molecule has 0 amide bonds. The molecular weight excluding hydrogens is 267 g/mol. The average molecular weight is 284 g/mol. The zero-order valence-electron chi connectivity index (χ0n) is 12.3. The van der Waals surface area contributed by atoms with E-state index in [9.17, 15) is 9.50 Å². The van der Waals surface area contributed by atoms with Gasteiger partial charge in [-0.05, 0) is 56.2 Å². The van der Waals surface area contributed by atoms with Crippen molar-refractivity contribution in [3.8, 4) is 11.5 Å². The van der Waals surface area contributed by atoms with Crippen LogP contribution < -0.4 is 4.74 Å². The summed E-state index contributed by atoms with van der Waals surface area (Å²) in [6, 6.07) is 11.6. The van der Waals surface area contributed by atoms with Crippen molar-refractivity contribution in [2.45, 2.75) is 26.4 Å². The third kappa shape index (κ3) is 2.29. The van der Waals surface area contributed by atoms with E-state index >= 15 is 0 Å². The molecule has 2 aromatic carbocycles. The van der Waals surface area contributed by atoms with Gasteiger partial charge in [0.1, 0.15) is 22.9 Å². The van der Waals surface area contributed by atoms with Crippen molar-refractivity contribution < 1.29 is 14.2 Å². The van der Waals surface area contributed by atoms with Gasteiger partial charge in [-0.1, -0.05) is 12.1 Å². The second-order valence-corrected chi connectivity index (χ2v) is 5.80. The fourth-order valence-corrected chi connectivity index (χ4v) is 3.00. The molecule has 0 spiro atoms. The SMILES string of the molecule is CC1=C(c2ccc(F)cc2)C(C)(C)Oc2cc(O)ccc21. The summed E-state index contributed by atoms with van der Waals surface area (Å²) in [5, 5.41) is 9.62. The first-order chi connectivity index (χ1) is 9.88. The summed E-state index contributed by atoms with van der Waals surface area (Å²) < 4.78 is 19.2. The molecule has 21 heavy (non-hydrogen) atoms. The lowest BCUT2D eigenvalue weighted by Gasteiger charge is -2.36. The van der Waals surface area contributed by atoms with Crippen LogP contribution in [0, 0.1) is 5.82 Å². The van der Waals surface area contributed by atoms with Crippen molar-refractivity contribution >= 4 is 11.1 Å². The highest BCUT2D eigenvalue weighted by molar-refractivity contribution is 5.96. The topological polar surface area (TPSA) is 29.5 Å². The maximum Gasteiger partial charge on any atom is 0.131 e. The smallest absolute Gasteiger partial charge is 0.131 e. The van der Waals surface area contributed by atoms with Gasteiger partial charge in [-0.2, -0.15) is 0 Å². The summed E-state index contributed by atoms with van der Waals surface area (Å²) >= 11 is 0. The Bertz CT molecular complexity index is 727. The molecule has 1 N–H and O–H groups in total. The van der Waals surface area contributed by atoms with Crippen molar-refractivity contribution in [2.24, 2.45) is 0 Å². The van der Waals surface area contributed by atoms with Gasteiger partial charge < -0.3 is 9.84 Å². The summed E-state index contributed by atoms with van der Waals surface area (Å²) in [5.41, 5.74) is 3.44. The van der Waals surface area contributed by atoms with E-state index in [0.29, 0.717) is 5.75 Å². The summed E-state index contributed by atoms with van der Waals surface area (Å²) in [4.78, 5) is 0. The number of hydrogen-bond donors (Lipinski definition) is 1. The maximum absolute atomic E-state index is 13.2. The van der Waals surface area contributed by atoms with Crippen LogP contribution in [0.1, 0.15) is 31.9 Å². The van der Waals surface area contributed by atoms with Gasteiger partial charge in [-0.3, -0.25) is 0 Å². The number of phenolic OH excluding ortho intramolecular Hbond substituents is 1. The second kappa shape index (κ2) is 4.62. The van der Waals surface area contributed by atoms with Crippen molar-refractivity contribution in [3.63, 3.8) is 0 Å². The van der Waals surface area contributed by atoms with Crippen molar-refractivity contribution in [2.75, 3.05) is 0 Å². The van der Waals surface area contributed by atoms with Gasteiger partial charge in [-0.15, -0.1) is 0 Å². The van der Waals surface area contributed by atoms with Gasteiger partial charge in [0, 0.05) is 17.2 Å². The van der Waals surface area contributed by atoms with Crippen LogP contribution in [0.4, 0.5) is 4.39 Å². The molecule has 1 aliphatic heterocycles. The number of hydrogen-bond acceptors (Lipinski definition) is 2. The first kappa shape index (κ1) is 13.7. The first-order valence-electron chi connectivity index (χ1n) is 6.88. The van der Waals surface area contributed by atoms with Gasteiger partial charge >= 0.3 is 0 Å². The highest BCUT2D eigenvalue weighted by atomic mass is 19.1. The Morgan fingerprint density at radius 3 is 2.38 bits per heavy atom. The number of ether oxygens (including phenoxy) is 1. The van der Waals surface area contributed by atoms with Gasteiger partial charge in [0.05, 0.1) is 0 Å². The fourth-order valence-electron chi connectivity index (χ4n) is 3.00.